The first-order valence-corrected chi connectivity index (χ1v) is 6.71. The number of hydrogen-bond acceptors (Lipinski definition) is 3. The minimum atomic E-state index is -0.224. The monoisotopic (exact) mass is 275 g/mol. The van der Waals surface area contributed by atoms with Crippen molar-refractivity contribution >= 4 is 5.91 Å². The number of aliphatic hydroxyl groups excluding tert-OH is 1. The topological polar surface area (TPSA) is 58.6 Å². The molecule has 1 aromatic rings. The summed E-state index contributed by atoms with van der Waals surface area (Å²) in [4.78, 5) is 12.3. The summed E-state index contributed by atoms with van der Waals surface area (Å²) in [6.45, 7) is 2.33. The van der Waals surface area contributed by atoms with Crippen molar-refractivity contribution < 1.29 is 14.6 Å². The predicted octanol–water partition coefficient (Wildman–Crippen LogP) is 1.58. The summed E-state index contributed by atoms with van der Waals surface area (Å²) < 4.78 is 5.11. The molecule has 2 N–H and O–H groups in total. The van der Waals surface area contributed by atoms with Crippen molar-refractivity contribution in [2.75, 3.05) is 20.3 Å². The van der Waals surface area contributed by atoms with Gasteiger partial charge in [0.05, 0.1) is 18.2 Å². The molecule has 4 heteroatoms. The molecule has 0 saturated heterocycles. The van der Waals surface area contributed by atoms with E-state index >= 15 is 0 Å². The number of hydrogen-bond donors (Lipinski definition) is 2. The molecule has 0 aromatic heterocycles. The molecule has 0 aliphatic rings. The van der Waals surface area contributed by atoms with Crippen LogP contribution in [-0.4, -0.2) is 37.4 Å². The summed E-state index contributed by atoms with van der Waals surface area (Å²) in [6.07, 6.45) is 1.84. The third kappa shape index (κ3) is 5.04. The van der Waals surface area contributed by atoms with Crippen LogP contribution in [0.25, 0.3) is 0 Å². The van der Waals surface area contributed by atoms with Gasteiger partial charge in [-0.1, -0.05) is 37.3 Å². The normalized spacial score (nSPS) is 11.3. The van der Waals surface area contributed by atoms with Gasteiger partial charge in [0.1, 0.15) is 6.61 Å². The Morgan fingerprint density at radius 2 is 2.20 bits per heavy atom. The first-order chi connectivity index (χ1) is 9.72. The van der Waals surface area contributed by atoms with E-state index in [2.05, 4.69) is 24.1 Å². The van der Waals surface area contributed by atoms with Crippen molar-refractivity contribution in [3.05, 3.63) is 35.4 Å². The van der Waals surface area contributed by atoms with Crippen LogP contribution in [0.1, 0.15) is 35.7 Å². The number of carbonyl (C=O) groups is 1. The van der Waals surface area contributed by atoms with Gasteiger partial charge in [0, 0.05) is 12.7 Å². The fourth-order valence-corrected chi connectivity index (χ4v) is 1.93. The van der Waals surface area contributed by atoms with Gasteiger partial charge in [0.25, 0.3) is 5.91 Å². The van der Waals surface area contributed by atoms with Gasteiger partial charge in [-0.25, -0.2) is 0 Å². The van der Waals surface area contributed by atoms with Crippen LogP contribution in [-0.2, 0) is 4.74 Å². The van der Waals surface area contributed by atoms with Crippen molar-refractivity contribution in [1.82, 2.24) is 5.32 Å². The highest BCUT2D eigenvalue weighted by molar-refractivity contribution is 5.96. The standard InChI is InChI=1S/C16H21NO3/c1-3-7-14(12-20-2)17-16(19)15-10-5-4-8-13(15)9-6-11-18/h4-5,8,10,14,18H,3,7,11-12H2,1-2H3,(H,17,19). The van der Waals surface area contributed by atoms with Gasteiger partial charge in [0.15, 0.2) is 0 Å². The summed E-state index contributed by atoms with van der Waals surface area (Å²) in [7, 11) is 1.62. The second-order valence-corrected chi connectivity index (χ2v) is 4.42. The van der Waals surface area contributed by atoms with Crippen LogP contribution >= 0.6 is 0 Å². The largest absolute Gasteiger partial charge is 0.384 e. The highest BCUT2D eigenvalue weighted by atomic mass is 16.5. The molecule has 20 heavy (non-hydrogen) atoms. The van der Waals surface area contributed by atoms with Crippen LogP contribution in [0.3, 0.4) is 0 Å². The summed E-state index contributed by atoms with van der Waals surface area (Å²) in [5.41, 5.74) is 1.14. The predicted molar refractivity (Wildman–Crippen MR) is 78.4 cm³/mol. The summed E-state index contributed by atoms with van der Waals surface area (Å²) >= 11 is 0. The number of ether oxygens (including phenoxy) is 1. The second kappa shape index (κ2) is 9.13. The molecular weight excluding hydrogens is 254 g/mol. The zero-order valence-electron chi connectivity index (χ0n) is 12.0. The zero-order chi connectivity index (χ0) is 14.8. The maximum atomic E-state index is 12.3. The van der Waals surface area contributed by atoms with E-state index < -0.39 is 0 Å². The first-order valence-electron chi connectivity index (χ1n) is 6.71. The molecule has 0 fully saturated rings. The Bertz CT molecular complexity index is 482. The van der Waals surface area contributed by atoms with Crippen LogP contribution in [0.2, 0.25) is 0 Å². The Morgan fingerprint density at radius 3 is 2.85 bits per heavy atom. The molecule has 0 spiro atoms. The van der Waals surface area contributed by atoms with Gasteiger partial charge < -0.3 is 15.2 Å². The molecule has 0 bridgehead atoms. The number of carbonyl (C=O) groups excluding carboxylic acids is 1. The number of rotatable bonds is 6. The molecule has 1 aromatic carbocycles. The lowest BCUT2D eigenvalue weighted by Crippen LogP contribution is -2.38. The second-order valence-electron chi connectivity index (χ2n) is 4.42. The molecule has 0 heterocycles. The lowest BCUT2D eigenvalue weighted by molar-refractivity contribution is 0.0891. The fourth-order valence-electron chi connectivity index (χ4n) is 1.93. The van der Waals surface area contributed by atoms with E-state index in [0.717, 1.165) is 12.8 Å². The van der Waals surface area contributed by atoms with Crippen molar-refractivity contribution in [1.29, 1.82) is 0 Å². The van der Waals surface area contributed by atoms with Gasteiger partial charge in [-0.2, -0.15) is 0 Å². The van der Waals surface area contributed by atoms with Crippen LogP contribution in [0.4, 0.5) is 0 Å². The maximum absolute atomic E-state index is 12.3. The molecule has 0 saturated carbocycles. The van der Waals surface area contributed by atoms with Gasteiger partial charge in [-0.3, -0.25) is 4.79 Å². The summed E-state index contributed by atoms with van der Waals surface area (Å²) in [5, 5.41) is 11.7. The van der Waals surface area contributed by atoms with Crippen LogP contribution in [0.5, 0.6) is 0 Å². The van der Waals surface area contributed by atoms with E-state index in [1.807, 2.05) is 6.07 Å². The minimum Gasteiger partial charge on any atom is -0.384 e. The molecular formula is C16H21NO3. The SMILES string of the molecule is CCCC(COC)NC(=O)c1ccccc1C#CCO. The van der Waals surface area contributed by atoms with Crippen LogP contribution in [0.15, 0.2) is 24.3 Å². The van der Waals surface area contributed by atoms with Crippen LogP contribution in [0, 0.1) is 11.8 Å². The smallest absolute Gasteiger partial charge is 0.252 e. The molecule has 1 rings (SSSR count). The average Bonchev–Trinajstić information content (AvgIpc) is 2.46. The van der Waals surface area contributed by atoms with E-state index in [1.54, 1.807) is 25.3 Å². The molecule has 4 nitrogen and oxygen atoms in total. The lowest BCUT2D eigenvalue weighted by Gasteiger charge is -2.17. The minimum absolute atomic E-state index is 0.00337. The first kappa shape index (κ1) is 16.2. The van der Waals surface area contributed by atoms with Crippen molar-refractivity contribution in [3.63, 3.8) is 0 Å². The molecule has 0 radical (unpaired) electrons. The van der Waals surface area contributed by atoms with Gasteiger partial charge in [0.2, 0.25) is 0 Å². The summed E-state index contributed by atoms with van der Waals surface area (Å²) in [5.74, 6) is 5.19. The van der Waals surface area contributed by atoms with E-state index in [4.69, 9.17) is 9.84 Å². The number of benzene rings is 1. The highest BCUT2D eigenvalue weighted by Gasteiger charge is 2.14. The quantitative estimate of drug-likeness (QED) is 0.775. The Morgan fingerprint density at radius 1 is 1.45 bits per heavy atom. The highest BCUT2D eigenvalue weighted by Crippen LogP contribution is 2.08. The van der Waals surface area contributed by atoms with Gasteiger partial charge in [-0.15, -0.1) is 0 Å². The number of nitrogens with one attached hydrogen (secondary N) is 1. The van der Waals surface area contributed by atoms with Crippen molar-refractivity contribution in [2.24, 2.45) is 0 Å². The lowest BCUT2D eigenvalue weighted by atomic mass is 10.1. The van der Waals surface area contributed by atoms with E-state index in [-0.39, 0.29) is 18.6 Å². The van der Waals surface area contributed by atoms with E-state index in [9.17, 15) is 4.79 Å². The summed E-state index contributed by atoms with van der Waals surface area (Å²) in [6, 6.07) is 7.10. The third-order valence-electron chi connectivity index (χ3n) is 2.81. The van der Waals surface area contributed by atoms with E-state index in [0.29, 0.717) is 17.7 Å². The van der Waals surface area contributed by atoms with Gasteiger partial charge >= 0.3 is 0 Å². The molecule has 0 aliphatic carbocycles. The van der Waals surface area contributed by atoms with Crippen LogP contribution < -0.4 is 5.32 Å². The van der Waals surface area contributed by atoms with Crippen molar-refractivity contribution in [3.8, 4) is 11.8 Å². The molecule has 0 aliphatic heterocycles. The Labute approximate surface area is 120 Å². The molecule has 1 unspecified atom stereocenters. The molecule has 1 amide bonds. The average molecular weight is 275 g/mol. The number of methoxy groups -OCH3 is 1. The number of aliphatic hydroxyl groups is 1. The number of amides is 1. The van der Waals surface area contributed by atoms with Crippen molar-refractivity contribution in [2.45, 2.75) is 25.8 Å². The van der Waals surface area contributed by atoms with E-state index in [1.165, 1.54) is 0 Å². The zero-order valence-corrected chi connectivity index (χ0v) is 12.0. The Balaban J connectivity index is 2.85. The molecule has 1 atom stereocenters. The molecule has 108 valence electrons. The third-order valence-corrected chi connectivity index (χ3v) is 2.81. The Kier molecular flexibility index (Phi) is 7.41. The maximum Gasteiger partial charge on any atom is 0.252 e. The Hall–Kier alpha value is -1.83. The fraction of sp³-hybridized carbons (Fsp3) is 0.438. The van der Waals surface area contributed by atoms with Gasteiger partial charge in [-0.05, 0) is 18.6 Å².